The van der Waals surface area contributed by atoms with Gasteiger partial charge < -0.3 is 14.6 Å². The lowest BCUT2D eigenvalue weighted by Crippen LogP contribution is -2.56. The third-order valence-corrected chi connectivity index (χ3v) is 2.28. The quantitative estimate of drug-likeness (QED) is 0.748. The van der Waals surface area contributed by atoms with Gasteiger partial charge in [-0.15, -0.1) is 0 Å². The molecule has 1 aliphatic heterocycles. The number of nitrogens with zero attached hydrogens (tertiary/aromatic N) is 1. The molecule has 1 fully saturated rings. The highest BCUT2D eigenvalue weighted by Crippen LogP contribution is 2.17. The molecule has 0 spiro atoms. The molecule has 2 unspecified atom stereocenters. The lowest BCUT2D eigenvalue weighted by Gasteiger charge is -2.37. The molecule has 17 heavy (non-hydrogen) atoms. The highest BCUT2D eigenvalue weighted by atomic mass is 16.6. The van der Waals surface area contributed by atoms with Crippen molar-refractivity contribution in [2.75, 3.05) is 13.2 Å². The van der Waals surface area contributed by atoms with Crippen molar-refractivity contribution < 1.29 is 24.2 Å². The van der Waals surface area contributed by atoms with Crippen molar-refractivity contribution in [3.05, 3.63) is 0 Å². The van der Waals surface area contributed by atoms with Crippen LogP contribution in [0.25, 0.3) is 0 Å². The van der Waals surface area contributed by atoms with E-state index in [1.54, 1.807) is 27.7 Å². The normalized spacial score (nSPS) is 25.5. The highest BCUT2D eigenvalue weighted by molar-refractivity contribution is 5.80. The molecular weight excluding hydrogens is 226 g/mol. The maximum Gasteiger partial charge on any atom is 0.411 e. The third kappa shape index (κ3) is 3.89. The lowest BCUT2D eigenvalue weighted by atomic mass is 10.2. The van der Waals surface area contributed by atoms with Gasteiger partial charge in [0, 0.05) is 0 Å². The van der Waals surface area contributed by atoms with Gasteiger partial charge in [0.25, 0.3) is 0 Å². The summed E-state index contributed by atoms with van der Waals surface area (Å²) in [5.41, 5.74) is -0.637. The summed E-state index contributed by atoms with van der Waals surface area (Å²) in [6, 6.07) is -0.971. The van der Waals surface area contributed by atoms with Gasteiger partial charge in [0.05, 0.1) is 19.3 Å². The number of morpholine rings is 1. The summed E-state index contributed by atoms with van der Waals surface area (Å²) in [5, 5.41) is 9.01. The molecular formula is C11H19NO5. The number of hydrogen-bond acceptors (Lipinski definition) is 4. The number of amides is 1. The second-order valence-electron chi connectivity index (χ2n) is 5.13. The van der Waals surface area contributed by atoms with E-state index in [9.17, 15) is 9.59 Å². The molecule has 1 saturated heterocycles. The predicted molar refractivity (Wildman–Crippen MR) is 59.8 cm³/mol. The second-order valence-corrected chi connectivity index (χ2v) is 5.13. The van der Waals surface area contributed by atoms with E-state index in [4.69, 9.17) is 14.6 Å². The largest absolute Gasteiger partial charge is 0.480 e. The average Bonchev–Trinajstić information content (AvgIpc) is 2.14. The van der Waals surface area contributed by atoms with Gasteiger partial charge in [-0.05, 0) is 27.7 Å². The first-order chi connectivity index (χ1) is 7.70. The number of carbonyl (C=O) groups excluding carboxylic acids is 1. The molecule has 1 aliphatic rings. The predicted octanol–water partition coefficient (Wildman–Crippen LogP) is 1.10. The molecule has 2 atom stereocenters. The molecule has 0 bridgehead atoms. The van der Waals surface area contributed by atoms with Crippen LogP contribution < -0.4 is 0 Å². The average molecular weight is 245 g/mol. The van der Waals surface area contributed by atoms with Gasteiger partial charge in [0.2, 0.25) is 0 Å². The van der Waals surface area contributed by atoms with E-state index in [2.05, 4.69) is 0 Å². The van der Waals surface area contributed by atoms with Gasteiger partial charge >= 0.3 is 12.1 Å². The number of carbonyl (C=O) groups is 2. The van der Waals surface area contributed by atoms with E-state index in [1.807, 2.05) is 0 Å². The van der Waals surface area contributed by atoms with Crippen LogP contribution in [0.4, 0.5) is 4.79 Å². The van der Waals surface area contributed by atoms with E-state index in [-0.39, 0.29) is 19.3 Å². The van der Waals surface area contributed by atoms with Crippen LogP contribution in [0.2, 0.25) is 0 Å². The summed E-state index contributed by atoms with van der Waals surface area (Å²) in [6.07, 6.45) is -0.793. The fourth-order valence-electron chi connectivity index (χ4n) is 1.53. The first-order valence-corrected chi connectivity index (χ1v) is 5.55. The summed E-state index contributed by atoms with van der Waals surface area (Å²) < 4.78 is 10.4. The fourth-order valence-corrected chi connectivity index (χ4v) is 1.53. The Labute approximate surface area is 100 Å². The maximum atomic E-state index is 11.9. The SMILES string of the molecule is CC1CN(C(=O)OC(C)(C)C)C(C(=O)O)CO1. The lowest BCUT2D eigenvalue weighted by molar-refractivity contribution is -0.152. The second kappa shape index (κ2) is 4.91. The van der Waals surface area contributed by atoms with Gasteiger partial charge in [0.15, 0.2) is 6.04 Å². The maximum absolute atomic E-state index is 11.9. The molecule has 1 N–H and O–H groups in total. The van der Waals surface area contributed by atoms with Crippen molar-refractivity contribution >= 4 is 12.1 Å². The van der Waals surface area contributed by atoms with Gasteiger partial charge in [-0.25, -0.2) is 9.59 Å². The molecule has 98 valence electrons. The zero-order chi connectivity index (χ0) is 13.2. The molecule has 0 aliphatic carbocycles. The molecule has 0 aromatic heterocycles. The Kier molecular flexibility index (Phi) is 3.98. The molecule has 0 aromatic rings. The third-order valence-electron chi connectivity index (χ3n) is 2.28. The van der Waals surface area contributed by atoms with Gasteiger partial charge in [-0.1, -0.05) is 0 Å². The van der Waals surface area contributed by atoms with Crippen molar-refractivity contribution in [3.63, 3.8) is 0 Å². The Balaban J connectivity index is 2.75. The first kappa shape index (κ1) is 13.8. The van der Waals surface area contributed by atoms with Crippen LogP contribution >= 0.6 is 0 Å². The fraction of sp³-hybridized carbons (Fsp3) is 0.818. The van der Waals surface area contributed by atoms with Crippen LogP contribution in [0.1, 0.15) is 27.7 Å². The first-order valence-electron chi connectivity index (χ1n) is 5.55. The van der Waals surface area contributed by atoms with Crippen molar-refractivity contribution in [3.8, 4) is 0 Å². The molecule has 0 radical (unpaired) electrons. The van der Waals surface area contributed by atoms with Crippen LogP contribution in [0.5, 0.6) is 0 Å². The van der Waals surface area contributed by atoms with Crippen molar-refractivity contribution in [2.24, 2.45) is 0 Å². The molecule has 1 amide bonds. The number of aliphatic carboxylic acids is 1. The van der Waals surface area contributed by atoms with E-state index < -0.39 is 23.7 Å². The van der Waals surface area contributed by atoms with Gasteiger partial charge in [-0.2, -0.15) is 0 Å². The summed E-state index contributed by atoms with van der Waals surface area (Å²) >= 11 is 0. The van der Waals surface area contributed by atoms with Crippen molar-refractivity contribution in [2.45, 2.75) is 45.4 Å². The Morgan fingerprint density at radius 3 is 2.47 bits per heavy atom. The van der Waals surface area contributed by atoms with Crippen LogP contribution in [-0.4, -0.2) is 53.0 Å². The minimum Gasteiger partial charge on any atom is -0.480 e. The number of hydrogen-bond donors (Lipinski definition) is 1. The highest BCUT2D eigenvalue weighted by Gasteiger charge is 2.37. The van der Waals surface area contributed by atoms with Crippen LogP contribution in [0.3, 0.4) is 0 Å². The summed E-state index contributed by atoms with van der Waals surface area (Å²) in [6.45, 7) is 7.23. The van der Waals surface area contributed by atoms with Crippen LogP contribution in [-0.2, 0) is 14.3 Å². The number of carboxylic acid groups (broad SMARTS) is 1. The summed E-state index contributed by atoms with van der Waals surface area (Å²) in [7, 11) is 0. The van der Waals surface area contributed by atoms with Gasteiger partial charge in [0.1, 0.15) is 5.60 Å². The topological polar surface area (TPSA) is 76.1 Å². The van der Waals surface area contributed by atoms with E-state index >= 15 is 0 Å². The van der Waals surface area contributed by atoms with E-state index in [1.165, 1.54) is 4.90 Å². The zero-order valence-corrected chi connectivity index (χ0v) is 10.6. The summed E-state index contributed by atoms with van der Waals surface area (Å²) in [5.74, 6) is -1.08. The van der Waals surface area contributed by atoms with E-state index in [0.717, 1.165) is 0 Å². The number of ether oxygens (including phenoxy) is 2. The number of carboxylic acids is 1. The van der Waals surface area contributed by atoms with Gasteiger partial charge in [-0.3, -0.25) is 4.90 Å². The number of rotatable bonds is 1. The Hall–Kier alpha value is -1.30. The van der Waals surface area contributed by atoms with Crippen molar-refractivity contribution in [1.82, 2.24) is 4.90 Å². The van der Waals surface area contributed by atoms with E-state index in [0.29, 0.717) is 0 Å². The molecule has 0 aromatic carbocycles. The molecule has 6 nitrogen and oxygen atoms in total. The Morgan fingerprint density at radius 2 is 2.00 bits per heavy atom. The molecule has 6 heteroatoms. The standard InChI is InChI=1S/C11H19NO5/c1-7-5-12(8(6-16-7)9(13)14)10(15)17-11(2,3)4/h7-8H,5-6H2,1-4H3,(H,13,14). The van der Waals surface area contributed by atoms with Crippen molar-refractivity contribution in [1.29, 1.82) is 0 Å². The smallest absolute Gasteiger partial charge is 0.411 e. The monoisotopic (exact) mass is 245 g/mol. The minimum atomic E-state index is -1.08. The Morgan fingerprint density at radius 1 is 1.41 bits per heavy atom. The molecule has 0 saturated carbocycles. The summed E-state index contributed by atoms with van der Waals surface area (Å²) in [4.78, 5) is 24.1. The van der Waals surface area contributed by atoms with Crippen LogP contribution in [0.15, 0.2) is 0 Å². The zero-order valence-electron chi connectivity index (χ0n) is 10.6. The van der Waals surface area contributed by atoms with Crippen LogP contribution in [0, 0.1) is 0 Å². The Bertz CT molecular complexity index is 309. The molecule has 1 heterocycles. The molecule has 1 rings (SSSR count). The minimum absolute atomic E-state index is 0.00422.